The third kappa shape index (κ3) is 4.08. The number of rotatable bonds is 4. The molecule has 0 saturated heterocycles. The van der Waals surface area contributed by atoms with Crippen molar-refractivity contribution in [2.24, 2.45) is 0 Å². The van der Waals surface area contributed by atoms with E-state index in [1.54, 1.807) is 36.5 Å². The lowest BCUT2D eigenvalue weighted by Crippen LogP contribution is -2.11. The predicted octanol–water partition coefficient (Wildman–Crippen LogP) is 4.73. The van der Waals surface area contributed by atoms with E-state index in [1.807, 2.05) is 36.4 Å². The van der Waals surface area contributed by atoms with E-state index in [0.717, 1.165) is 5.69 Å². The van der Waals surface area contributed by atoms with Gasteiger partial charge >= 0.3 is 0 Å². The Kier molecular flexibility index (Phi) is 4.54. The lowest BCUT2D eigenvalue weighted by Gasteiger charge is -2.08. The molecule has 0 aliphatic heterocycles. The van der Waals surface area contributed by atoms with Gasteiger partial charge in [0.1, 0.15) is 5.82 Å². The minimum absolute atomic E-state index is 0.202. The van der Waals surface area contributed by atoms with E-state index in [9.17, 15) is 4.79 Å². The van der Waals surface area contributed by atoms with Crippen LogP contribution in [0.15, 0.2) is 72.9 Å². The molecule has 23 heavy (non-hydrogen) atoms. The number of para-hydroxylation sites is 1. The van der Waals surface area contributed by atoms with Crippen molar-refractivity contribution < 1.29 is 4.79 Å². The van der Waals surface area contributed by atoms with E-state index >= 15 is 0 Å². The fraction of sp³-hybridized carbons (Fsp3) is 0. The van der Waals surface area contributed by atoms with E-state index in [0.29, 0.717) is 22.1 Å². The van der Waals surface area contributed by atoms with E-state index in [1.165, 1.54) is 0 Å². The maximum Gasteiger partial charge on any atom is 0.255 e. The topological polar surface area (TPSA) is 54.0 Å². The molecule has 0 fully saturated rings. The molecule has 0 saturated carbocycles. The van der Waals surface area contributed by atoms with Crippen molar-refractivity contribution in [2.75, 3.05) is 10.6 Å². The Bertz CT molecular complexity index is 787. The third-order valence-corrected chi connectivity index (χ3v) is 3.43. The molecule has 5 heteroatoms. The molecule has 114 valence electrons. The lowest BCUT2D eigenvalue weighted by atomic mass is 10.2. The van der Waals surface area contributed by atoms with Crippen molar-refractivity contribution in [1.29, 1.82) is 0 Å². The van der Waals surface area contributed by atoms with Crippen molar-refractivity contribution in [3.63, 3.8) is 0 Å². The molecular formula is C18H14ClN3O. The maximum atomic E-state index is 12.1. The molecule has 0 aliphatic carbocycles. The highest BCUT2D eigenvalue weighted by Crippen LogP contribution is 2.16. The molecule has 3 rings (SSSR count). The van der Waals surface area contributed by atoms with Crippen LogP contribution in [0.5, 0.6) is 0 Å². The summed E-state index contributed by atoms with van der Waals surface area (Å²) in [6.45, 7) is 0. The van der Waals surface area contributed by atoms with E-state index in [4.69, 9.17) is 11.6 Å². The second-order valence-corrected chi connectivity index (χ2v) is 5.32. The van der Waals surface area contributed by atoms with Crippen LogP contribution in [0.25, 0.3) is 0 Å². The van der Waals surface area contributed by atoms with Crippen molar-refractivity contribution in [3.8, 4) is 0 Å². The zero-order valence-corrected chi connectivity index (χ0v) is 12.9. The standard InChI is InChI=1S/C18H14ClN3O/c19-14-8-6-13(7-9-14)18(23)22-16-10-11-17(20-12-16)21-15-4-2-1-3-5-15/h1-12H,(H,20,21)(H,22,23). The largest absolute Gasteiger partial charge is 0.340 e. The molecule has 4 nitrogen and oxygen atoms in total. The van der Waals surface area contributed by atoms with Gasteiger partial charge in [-0.3, -0.25) is 4.79 Å². The van der Waals surface area contributed by atoms with E-state index in [-0.39, 0.29) is 5.91 Å². The number of carbonyl (C=O) groups is 1. The first-order chi connectivity index (χ1) is 11.2. The molecule has 0 bridgehead atoms. The summed E-state index contributed by atoms with van der Waals surface area (Å²) in [4.78, 5) is 16.4. The number of hydrogen-bond donors (Lipinski definition) is 2. The van der Waals surface area contributed by atoms with Gasteiger partial charge in [-0.05, 0) is 48.5 Å². The van der Waals surface area contributed by atoms with Gasteiger partial charge in [-0.1, -0.05) is 29.8 Å². The zero-order chi connectivity index (χ0) is 16.1. The van der Waals surface area contributed by atoms with Gasteiger partial charge in [0.05, 0.1) is 11.9 Å². The van der Waals surface area contributed by atoms with Gasteiger partial charge in [0, 0.05) is 16.3 Å². The monoisotopic (exact) mass is 323 g/mol. The van der Waals surface area contributed by atoms with Crippen LogP contribution in [0.2, 0.25) is 5.02 Å². The number of pyridine rings is 1. The highest BCUT2D eigenvalue weighted by Gasteiger charge is 2.06. The lowest BCUT2D eigenvalue weighted by molar-refractivity contribution is 0.102. The minimum atomic E-state index is -0.202. The van der Waals surface area contributed by atoms with Gasteiger partial charge in [0.25, 0.3) is 5.91 Å². The average Bonchev–Trinajstić information content (AvgIpc) is 2.58. The Morgan fingerprint density at radius 2 is 1.61 bits per heavy atom. The number of nitrogens with zero attached hydrogens (tertiary/aromatic N) is 1. The summed E-state index contributed by atoms with van der Waals surface area (Å²) in [5.41, 5.74) is 2.13. The Labute approximate surface area is 139 Å². The summed E-state index contributed by atoms with van der Waals surface area (Å²) in [6, 6.07) is 20.1. The molecule has 1 heterocycles. The van der Waals surface area contributed by atoms with E-state index in [2.05, 4.69) is 15.6 Å². The summed E-state index contributed by atoms with van der Waals surface area (Å²) in [5, 5.41) is 6.58. The van der Waals surface area contributed by atoms with Crippen LogP contribution in [0.1, 0.15) is 10.4 Å². The number of nitrogens with one attached hydrogen (secondary N) is 2. The van der Waals surface area contributed by atoms with Crippen LogP contribution >= 0.6 is 11.6 Å². The van der Waals surface area contributed by atoms with Gasteiger partial charge in [0.15, 0.2) is 0 Å². The van der Waals surface area contributed by atoms with Gasteiger partial charge in [-0.25, -0.2) is 4.98 Å². The minimum Gasteiger partial charge on any atom is -0.340 e. The average molecular weight is 324 g/mol. The second-order valence-electron chi connectivity index (χ2n) is 4.88. The first-order valence-corrected chi connectivity index (χ1v) is 7.43. The van der Waals surface area contributed by atoms with Gasteiger partial charge in [0.2, 0.25) is 0 Å². The molecule has 2 N–H and O–H groups in total. The quantitative estimate of drug-likeness (QED) is 0.729. The molecule has 1 amide bonds. The van der Waals surface area contributed by atoms with Gasteiger partial charge in [-0.2, -0.15) is 0 Å². The van der Waals surface area contributed by atoms with Crippen LogP contribution in [0, 0.1) is 0 Å². The van der Waals surface area contributed by atoms with Crippen molar-refractivity contribution >= 4 is 34.7 Å². The number of amides is 1. The van der Waals surface area contributed by atoms with Crippen LogP contribution in [-0.2, 0) is 0 Å². The van der Waals surface area contributed by atoms with Crippen LogP contribution in [0.4, 0.5) is 17.2 Å². The molecule has 0 aliphatic rings. The Morgan fingerprint density at radius 3 is 2.26 bits per heavy atom. The number of halogens is 1. The Hall–Kier alpha value is -2.85. The first kappa shape index (κ1) is 15.1. The predicted molar refractivity (Wildman–Crippen MR) is 93.4 cm³/mol. The number of aromatic nitrogens is 1. The molecule has 3 aromatic rings. The molecule has 0 spiro atoms. The summed E-state index contributed by atoms with van der Waals surface area (Å²) in [5.74, 6) is 0.507. The number of anilines is 3. The highest BCUT2D eigenvalue weighted by molar-refractivity contribution is 6.30. The van der Waals surface area contributed by atoms with Crippen LogP contribution in [-0.4, -0.2) is 10.9 Å². The summed E-state index contributed by atoms with van der Waals surface area (Å²) in [7, 11) is 0. The maximum absolute atomic E-state index is 12.1. The molecule has 2 aromatic carbocycles. The van der Waals surface area contributed by atoms with Crippen molar-refractivity contribution in [3.05, 3.63) is 83.5 Å². The Morgan fingerprint density at radius 1 is 0.870 bits per heavy atom. The molecule has 0 atom stereocenters. The SMILES string of the molecule is O=C(Nc1ccc(Nc2ccccc2)nc1)c1ccc(Cl)cc1. The van der Waals surface area contributed by atoms with E-state index < -0.39 is 0 Å². The normalized spacial score (nSPS) is 10.1. The molecular weight excluding hydrogens is 310 g/mol. The molecule has 0 unspecified atom stereocenters. The number of hydrogen-bond acceptors (Lipinski definition) is 3. The first-order valence-electron chi connectivity index (χ1n) is 7.06. The number of benzene rings is 2. The summed E-state index contributed by atoms with van der Waals surface area (Å²) >= 11 is 5.81. The van der Waals surface area contributed by atoms with Crippen LogP contribution in [0.3, 0.4) is 0 Å². The Balaban J connectivity index is 1.65. The number of carbonyl (C=O) groups excluding carboxylic acids is 1. The highest BCUT2D eigenvalue weighted by atomic mass is 35.5. The smallest absolute Gasteiger partial charge is 0.255 e. The summed E-state index contributed by atoms with van der Waals surface area (Å²) in [6.07, 6.45) is 1.61. The van der Waals surface area contributed by atoms with Crippen LogP contribution < -0.4 is 10.6 Å². The fourth-order valence-electron chi connectivity index (χ4n) is 2.02. The van der Waals surface area contributed by atoms with Crippen molar-refractivity contribution in [1.82, 2.24) is 4.98 Å². The van der Waals surface area contributed by atoms with Crippen molar-refractivity contribution in [2.45, 2.75) is 0 Å². The fourth-order valence-corrected chi connectivity index (χ4v) is 2.14. The summed E-state index contributed by atoms with van der Waals surface area (Å²) < 4.78 is 0. The molecule has 0 radical (unpaired) electrons. The van der Waals surface area contributed by atoms with Gasteiger partial charge in [-0.15, -0.1) is 0 Å². The zero-order valence-electron chi connectivity index (χ0n) is 12.2. The third-order valence-electron chi connectivity index (χ3n) is 3.17. The second kappa shape index (κ2) is 6.94. The molecule has 1 aromatic heterocycles. The van der Waals surface area contributed by atoms with Gasteiger partial charge < -0.3 is 10.6 Å².